The summed E-state index contributed by atoms with van der Waals surface area (Å²) in [5.41, 5.74) is 5.59. The molecule has 2 unspecified atom stereocenters. The van der Waals surface area contributed by atoms with Crippen molar-refractivity contribution in [2.45, 2.75) is 51.9 Å². The second-order valence-corrected chi connectivity index (χ2v) is 9.09. The molecule has 0 amide bonds. The van der Waals surface area contributed by atoms with Gasteiger partial charge >= 0.3 is 5.97 Å². The van der Waals surface area contributed by atoms with Crippen LogP contribution >= 0.6 is 0 Å². The first kappa shape index (κ1) is 22.5. The van der Waals surface area contributed by atoms with Gasteiger partial charge in [-0.3, -0.25) is 4.79 Å². The SMILES string of the molecule is CCC(C(=O)OC)C1CCc2cc(OCCc3nc(-c4ccc5c(c4)OCC5)oc3C)ccc21. The molecular formula is C28H31NO5. The lowest BCUT2D eigenvalue weighted by atomic mass is 9.85. The smallest absolute Gasteiger partial charge is 0.309 e. The van der Waals surface area contributed by atoms with Crippen LogP contribution in [0.4, 0.5) is 0 Å². The van der Waals surface area contributed by atoms with Crippen molar-refractivity contribution in [3.63, 3.8) is 0 Å². The first-order chi connectivity index (χ1) is 16.6. The molecule has 5 rings (SSSR count). The molecule has 2 aromatic carbocycles. The van der Waals surface area contributed by atoms with E-state index in [1.54, 1.807) is 0 Å². The van der Waals surface area contributed by atoms with E-state index >= 15 is 0 Å². The van der Waals surface area contributed by atoms with Crippen LogP contribution in [-0.4, -0.2) is 31.3 Å². The van der Waals surface area contributed by atoms with Crippen molar-refractivity contribution >= 4 is 5.97 Å². The molecule has 34 heavy (non-hydrogen) atoms. The summed E-state index contributed by atoms with van der Waals surface area (Å²) in [4.78, 5) is 16.9. The fourth-order valence-electron chi connectivity index (χ4n) is 5.25. The summed E-state index contributed by atoms with van der Waals surface area (Å²) in [6.45, 7) is 5.24. The standard InChI is InChI=1S/C28H31NO5/c1-4-22(28(30)31-3)24-9-7-19-15-21(8-10-23(19)24)32-14-12-25-17(2)34-27(29-25)20-6-5-18-11-13-33-26(18)16-20/h5-6,8,10,15-16,22,24H,4,7,9,11-14H2,1-3H3. The Morgan fingerprint density at radius 1 is 1.18 bits per heavy atom. The van der Waals surface area contributed by atoms with Crippen LogP contribution in [0, 0.1) is 12.8 Å². The van der Waals surface area contributed by atoms with Crippen molar-refractivity contribution < 1.29 is 23.4 Å². The molecule has 6 heteroatoms. The largest absolute Gasteiger partial charge is 0.493 e. The number of hydrogen-bond donors (Lipinski definition) is 0. The lowest BCUT2D eigenvalue weighted by Gasteiger charge is -2.21. The van der Waals surface area contributed by atoms with Gasteiger partial charge in [-0.1, -0.05) is 19.1 Å². The Bertz CT molecular complexity index is 1200. The van der Waals surface area contributed by atoms with Crippen LogP contribution in [0.25, 0.3) is 11.5 Å². The Morgan fingerprint density at radius 2 is 2.06 bits per heavy atom. The van der Waals surface area contributed by atoms with Gasteiger partial charge in [-0.2, -0.15) is 0 Å². The lowest BCUT2D eigenvalue weighted by molar-refractivity contribution is -0.146. The Hall–Kier alpha value is -3.28. The predicted molar refractivity (Wildman–Crippen MR) is 128 cm³/mol. The molecule has 0 saturated carbocycles. The molecule has 0 spiro atoms. The van der Waals surface area contributed by atoms with E-state index < -0.39 is 0 Å². The number of nitrogens with zero attached hydrogens (tertiary/aromatic N) is 1. The molecule has 0 saturated heterocycles. The number of fused-ring (bicyclic) bond motifs is 2. The topological polar surface area (TPSA) is 70.8 Å². The molecule has 1 aliphatic carbocycles. The number of aromatic nitrogens is 1. The summed E-state index contributed by atoms with van der Waals surface area (Å²) in [7, 11) is 1.47. The number of hydrogen-bond acceptors (Lipinski definition) is 6. The van der Waals surface area contributed by atoms with E-state index in [0.29, 0.717) is 18.9 Å². The van der Waals surface area contributed by atoms with Crippen molar-refractivity contribution in [2.24, 2.45) is 5.92 Å². The number of aryl methyl sites for hydroxylation is 2. The monoisotopic (exact) mass is 461 g/mol. The Balaban J connectivity index is 1.22. The molecule has 2 atom stereocenters. The van der Waals surface area contributed by atoms with Gasteiger partial charge in [0.1, 0.15) is 17.3 Å². The summed E-state index contributed by atoms with van der Waals surface area (Å²) >= 11 is 0. The summed E-state index contributed by atoms with van der Waals surface area (Å²) in [5, 5.41) is 0. The highest BCUT2D eigenvalue weighted by Gasteiger charge is 2.34. The number of oxazole rings is 1. The summed E-state index contributed by atoms with van der Waals surface area (Å²) in [5.74, 6) is 3.23. The molecule has 2 aliphatic rings. The van der Waals surface area contributed by atoms with Crippen LogP contribution in [0.5, 0.6) is 11.5 Å². The minimum atomic E-state index is -0.115. The third-order valence-electron chi connectivity index (χ3n) is 7.11. The highest BCUT2D eigenvalue weighted by Crippen LogP contribution is 2.41. The van der Waals surface area contributed by atoms with E-state index in [0.717, 1.165) is 60.8 Å². The van der Waals surface area contributed by atoms with E-state index in [9.17, 15) is 4.79 Å². The third kappa shape index (κ3) is 4.29. The Morgan fingerprint density at radius 3 is 2.88 bits per heavy atom. The van der Waals surface area contributed by atoms with E-state index in [1.807, 2.05) is 32.0 Å². The zero-order valence-electron chi connectivity index (χ0n) is 20.1. The quantitative estimate of drug-likeness (QED) is 0.416. The zero-order valence-corrected chi connectivity index (χ0v) is 20.1. The molecule has 0 bridgehead atoms. The van der Waals surface area contributed by atoms with Crippen molar-refractivity contribution in [3.8, 4) is 23.0 Å². The second kappa shape index (κ2) is 9.53. The van der Waals surface area contributed by atoms with E-state index in [4.69, 9.17) is 23.6 Å². The summed E-state index contributed by atoms with van der Waals surface area (Å²) < 4.78 is 22.7. The minimum absolute atomic E-state index is 0.0837. The average molecular weight is 462 g/mol. The molecule has 1 aromatic heterocycles. The van der Waals surface area contributed by atoms with Crippen molar-refractivity contribution in [1.29, 1.82) is 0 Å². The van der Waals surface area contributed by atoms with Crippen molar-refractivity contribution in [1.82, 2.24) is 4.98 Å². The predicted octanol–water partition coefficient (Wildman–Crippen LogP) is 5.44. The van der Waals surface area contributed by atoms with Gasteiger partial charge in [0.25, 0.3) is 0 Å². The number of ether oxygens (including phenoxy) is 3. The molecule has 0 radical (unpaired) electrons. The highest BCUT2D eigenvalue weighted by molar-refractivity contribution is 5.74. The second-order valence-electron chi connectivity index (χ2n) is 9.09. The van der Waals surface area contributed by atoms with E-state index in [-0.39, 0.29) is 17.8 Å². The first-order valence-electron chi connectivity index (χ1n) is 12.1. The van der Waals surface area contributed by atoms with Crippen LogP contribution in [0.3, 0.4) is 0 Å². The summed E-state index contributed by atoms with van der Waals surface area (Å²) in [6, 6.07) is 12.4. The van der Waals surface area contributed by atoms with E-state index in [2.05, 4.69) is 18.2 Å². The Labute approximate surface area is 200 Å². The van der Waals surface area contributed by atoms with Crippen molar-refractivity contribution in [2.75, 3.05) is 20.3 Å². The molecule has 178 valence electrons. The molecule has 2 heterocycles. The van der Waals surface area contributed by atoms with Gasteiger partial charge in [-0.15, -0.1) is 0 Å². The molecule has 6 nitrogen and oxygen atoms in total. The molecule has 0 fully saturated rings. The zero-order chi connectivity index (χ0) is 23.7. The van der Waals surface area contributed by atoms with Crippen LogP contribution in [0.1, 0.15) is 53.8 Å². The molecular weight excluding hydrogens is 430 g/mol. The fraction of sp³-hybridized carbons (Fsp3) is 0.429. The van der Waals surface area contributed by atoms with Gasteiger partial charge in [0.2, 0.25) is 5.89 Å². The molecule has 3 aromatic rings. The van der Waals surface area contributed by atoms with Gasteiger partial charge in [-0.05, 0) is 73.1 Å². The number of esters is 1. The van der Waals surface area contributed by atoms with Crippen LogP contribution in [0.15, 0.2) is 40.8 Å². The number of methoxy groups -OCH3 is 1. The van der Waals surface area contributed by atoms with Crippen LogP contribution in [0.2, 0.25) is 0 Å². The lowest BCUT2D eigenvalue weighted by Crippen LogP contribution is -2.21. The van der Waals surface area contributed by atoms with Crippen LogP contribution < -0.4 is 9.47 Å². The third-order valence-corrected chi connectivity index (χ3v) is 7.11. The first-order valence-corrected chi connectivity index (χ1v) is 12.1. The Kier molecular flexibility index (Phi) is 6.31. The minimum Gasteiger partial charge on any atom is -0.493 e. The number of carbonyl (C=O) groups is 1. The van der Waals surface area contributed by atoms with Crippen molar-refractivity contribution in [3.05, 3.63) is 64.5 Å². The number of benzene rings is 2. The van der Waals surface area contributed by atoms with Gasteiger partial charge in [0, 0.05) is 18.4 Å². The number of carbonyl (C=O) groups excluding carboxylic acids is 1. The van der Waals surface area contributed by atoms with Gasteiger partial charge in [0.05, 0.1) is 31.9 Å². The normalized spacial score (nSPS) is 17.1. The van der Waals surface area contributed by atoms with Gasteiger partial charge < -0.3 is 18.6 Å². The van der Waals surface area contributed by atoms with Gasteiger partial charge in [0.15, 0.2) is 0 Å². The maximum atomic E-state index is 12.2. The maximum Gasteiger partial charge on any atom is 0.309 e. The maximum absolute atomic E-state index is 12.2. The average Bonchev–Trinajstić information content (AvgIpc) is 3.58. The highest BCUT2D eigenvalue weighted by atomic mass is 16.5. The van der Waals surface area contributed by atoms with Gasteiger partial charge in [-0.25, -0.2) is 4.98 Å². The molecule has 0 N–H and O–H groups in total. The fourth-order valence-corrected chi connectivity index (χ4v) is 5.25. The summed E-state index contributed by atoms with van der Waals surface area (Å²) in [6.07, 6.45) is 4.34. The molecule has 1 aliphatic heterocycles. The number of rotatable bonds is 8. The van der Waals surface area contributed by atoms with E-state index in [1.165, 1.54) is 23.8 Å². The van der Waals surface area contributed by atoms with Crippen LogP contribution in [-0.2, 0) is 28.8 Å².